The van der Waals surface area contributed by atoms with Crippen molar-refractivity contribution in [1.29, 1.82) is 0 Å². The normalized spacial score (nSPS) is 14.7. The molecule has 0 N–H and O–H groups in total. The molecular weight excluding hydrogens is 286 g/mol. The van der Waals surface area contributed by atoms with Gasteiger partial charge in [0.1, 0.15) is 5.69 Å². The zero-order valence-corrected chi connectivity index (χ0v) is 12.7. The lowest BCUT2D eigenvalue weighted by Crippen LogP contribution is -2.33. The summed E-state index contributed by atoms with van der Waals surface area (Å²) in [6.45, 7) is 2.39. The minimum atomic E-state index is 0.259. The van der Waals surface area contributed by atoms with E-state index in [2.05, 4.69) is 15.2 Å². The van der Waals surface area contributed by atoms with Crippen molar-refractivity contribution in [2.24, 2.45) is 0 Å². The smallest absolute Gasteiger partial charge is 0.222 e. The average molecular weight is 303 g/mol. The standard InChI is InChI=1S/C14H17N5OS/c1-18(9-10-19-8-4-6-12(19)20)14-17-16-13(21-14)11-5-2-3-7-15-11/h2-3,5,7H,4,6,8-10H2,1H3. The quantitative estimate of drug-likeness (QED) is 0.840. The molecule has 0 aliphatic carbocycles. The molecular formula is C14H17N5OS. The van der Waals surface area contributed by atoms with E-state index in [-0.39, 0.29) is 5.91 Å². The minimum Gasteiger partial charge on any atom is -0.348 e. The van der Waals surface area contributed by atoms with Crippen LogP contribution in [0.2, 0.25) is 0 Å². The van der Waals surface area contributed by atoms with E-state index in [1.54, 1.807) is 6.20 Å². The zero-order valence-electron chi connectivity index (χ0n) is 11.9. The van der Waals surface area contributed by atoms with Gasteiger partial charge >= 0.3 is 0 Å². The van der Waals surface area contributed by atoms with Gasteiger partial charge in [-0.25, -0.2) is 0 Å². The predicted molar refractivity (Wildman–Crippen MR) is 82.2 cm³/mol. The van der Waals surface area contributed by atoms with Crippen LogP contribution in [0.1, 0.15) is 12.8 Å². The Kier molecular flexibility index (Phi) is 4.10. The van der Waals surface area contributed by atoms with Crippen molar-refractivity contribution in [3.63, 3.8) is 0 Å². The van der Waals surface area contributed by atoms with Crippen LogP contribution in [-0.4, -0.2) is 52.7 Å². The molecule has 7 heteroatoms. The highest BCUT2D eigenvalue weighted by Crippen LogP contribution is 2.26. The fourth-order valence-corrected chi connectivity index (χ4v) is 3.08. The molecule has 1 aliphatic rings. The largest absolute Gasteiger partial charge is 0.348 e. The van der Waals surface area contributed by atoms with Gasteiger partial charge < -0.3 is 9.80 Å². The number of carbonyl (C=O) groups is 1. The lowest BCUT2D eigenvalue weighted by atomic mass is 10.4. The molecule has 1 aliphatic heterocycles. The maximum Gasteiger partial charge on any atom is 0.222 e. The second kappa shape index (κ2) is 6.17. The van der Waals surface area contributed by atoms with Crippen LogP contribution in [0.15, 0.2) is 24.4 Å². The summed E-state index contributed by atoms with van der Waals surface area (Å²) in [5, 5.41) is 10.1. The summed E-state index contributed by atoms with van der Waals surface area (Å²) < 4.78 is 0. The molecule has 0 bridgehead atoms. The van der Waals surface area contributed by atoms with Crippen LogP contribution in [0.5, 0.6) is 0 Å². The SMILES string of the molecule is CN(CCN1CCCC1=O)c1nnc(-c2ccccn2)s1. The molecule has 0 atom stereocenters. The third kappa shape index (κ3) is 3.18. The summed E-state index contributed by atoms with van der Waals surface area (Å²) in [6.07, 6.45) is 3.41. The zero-order chi connectivity index (χ0) is 14.7. The molecule has 6 nitrogen and oxygen atoms in total. The summed E-state index contributed by atoms with van der Waals surface area (Å²) in [7, 11) is 1.98. The van der Waals surface area contributed by atoms with Crippen LogP contribution < -0.4 is 4.90 Å². The number of rotatable bonds is 5. The third-order valence-electron chi connectivity index (χ3n) is 3.50. The number of aromatic nitrogens is 3. The summed E-state index contributed by atoms with van der Waals surface area (Å²) >= 11 is 1.52. The highest BCUT2D eigenvalue weighted by Gasteiger charge is 2.20. The van der Waals surface area contributed by atoms with E-state index in [0.717, 1.165) is 41.9 Å². The minimum absolute atomic E-state index is 0.259. The van der Waals surface area contributed by atoms with Gasteiger partial charge in [-0.3, -0.25) is 9.78 Å². The predicted octanol–water partition coefficient (Wildman–Crippen LogP) is 1.66. The Bertz CT molecular complexity index is 615. The second-order valence-electron chi connectivity index (χ2n) is 5.01. The van der Waals surface area contributed by atoms with E-state index in [4.69, 9.17) is 0 Å². The molecule has 1 saturated heterocycles. The molecule has 21 heavy (non-hydrogen) atoms. The molecule has 0 spiro atoms. The Hall–Kier alpha value is -2.02. The van der Waals surface area contributed by atoms with Crippen molar-refractivity contribution in [1.82, 2.24) is 20.1 Å². The van der Waals surface area contributed by atoms with E-state index in [1.807, 2.05) is 35.0 Å². The Morgan fingerprint density at radius 2 is 2.29 bits per heavy atom. The Balaban J connectivity index is 1.61. The van der Waals surface area contributed by atoms with Crippen LogP contribution in [0, 0.1) is 0 Å². The Morgan fingerprint density at radius 3 is 3.00 bits per heavy atom. The van der Waals surface area contributed by atoms with Crippen LogP contribution >= 0.6 is 11.3 Å². The number of likely N-dealkylation sites (tertiary alicyclic amines) is 1. The number of pyridine rings is 1. The van der Waals surface area contributed by atoms with Gasteiger partial charge in [-0.2, -0.15) is 0 Å². The van der Waals surface area contributed by atoms with E-state index in [9.17, 15) is 4.79 Å². The lowest BCUT2D eigenvalue weighted by Gasteiger charge is -2.20. The van der Waals surface area contributed by atoms with Crippen LogP contribution in [0.4, 0.5) is 5.13 Å². The van der Waals surface area contributed by atoms with E-state index in [0.29, 0.717) is 6.42 Å². The molecule has 0 saturated carbocycles. The first-order chi connectivity index (χ1) is 10.2. The van der Waals surface area contributed by atoms with Crippen molar-refractivity contribution in [2.45, 2.75) is 12.8 Å². The summed E-state index contributed by atoms with van der Waals surface area (Å²) in [5.74, 6) is 0.259. The number of anilines is 1. The molecule has 0 unspecified atom stereocenters. The maximum absolute atomic E-state index is 11.6. The first-order valence-corrected chi connectivity index (χ1v) is 7.79. The van der Waals surface area contributed by atoms with E-state index in [1.165, 1.54) is 11.3 Å². The van der Waals surface area contributed by atoms with Gasteiger partial charge in [0.2, 0.25) is 11.0 Å². The summed E-state index contributed by atoms with van der Waals surface area (Å²) in [5.41, 5.74) is 0.837. The first-order valence-electron chi connectivity index (χ1n) is 6.98. The van der Waals surface area contributed by atoms with Crippen molar-refractivity contribution in [3.8, 4) is 10.7 Å². The molecule has 0 aromatic carbocycles. The fraction of sp³-hybridized carbons (Fsp3) is 0.429. The van der Waals surface area contributed by atoms with Gasteiger partial charge in [-0.15, -0.1) is 10.2 Å². The molecule has 2 aromatic rings. The van der Waals surface area contributed by atoms with Gasteiger partial charge in [-0.1, -0.05) is 17.4 Å². The number of hydrogen-bond acceptors (Lipinski definition) is 6. The fourth-order valence-electron chi connectivity index (χ4n) is 2.27. The number of amides is 1. The molecule has 1 fully saturated rings. The Morgan fingerprint density at radius 1 is 1.38 bits per heavy atom. The maximum atomic E-state index is 11.6. The number of nitrogens with zero attached hydrogens (tertiary/aromatic N) is 5. The monoisotopic (exact) mass is 303 g/mol. The molecule has 1 amide bonds. The number of likely N-dealkylation sites (N-methyl/N-ethyl adjacent to an activating group) is 1. The lowest BCUT2D eigenvalue weighted by molar-refractivity contribution is -0.127. The third-order valence-corrected chi connectivity index (χ3v) is 4.56. The van der Waals surface area contributed by atoms with E-state index >= 15 is 0 Å². The molecule has 0 radical (unpaired) electrons. The van der Waals surface area contributed by atoms with Crippen molar-refractivity contribution >= 4 is 22.4 Å². The molecule has 110 valence electrons. The van der Waals surface area contributed by atoms with Gasteiger partial charge in [0.05, 0.1) is 0 Å². The van der Waals surface area contributed by atoms with Crippen molar-refractivity contribution in [3.05, 3.63) is 24.4 Å². The van der Waals surface area contributed by atoms with Gasteiger partial charge in [-0.05, 0) is 18.6 Å². The van der Waals surface area contributed by atoms with Crippen LogP contribution in [0.25, 0.3) is 10.7 Å². The van der Waals surface area contributed by atoms with Gasteiger partial charge in [0, 0.05) is 39.3 Å². The number of carbonyl (C=O) groups excluding carboxylic acids is 1. The molecule has 3 heterocycles. The first kappa shape index (κ1) is 13.9. The topological polar surface area (TPSA) is 62.2 Å². The molecule has 2 aromatic heterocycles. The highest BCUT2D eigenvalue weighted by molar-refractivity contribution is 7.18. The Labute approximate surface area is 127 Å². The van der Waals surface area contributed by atoms with Crippen LogP contribution in [-0.2, 0) is 4.79 Å². The number of hydrogen-bond donors (Lipinski definition) is 0. The van der Waals surface area contributed by atoms with Crippen molar-refractivity contribution < 1.29 is 4.79 Å². The second-order valence-corrected chi connectivity index (χ2v) is 5.97. The highest BCUT2D eigenvalue weighted by atomic mass is 32.1. The summed E-state index contributed by atoms with van der Waals surface area (Å²) in [4.78, 5) is 19.8. The van der Waals surface area contributed by atoms with Crippen molar-refractivity contribution in [2.75, 3.05) is 31.6 Å². The summed E-state index contributed by atoms with van der Waals surface area (Å²) in [6, 6.07) is 5.74. The van der Waals surface area contributed by atoms with Crippen LogP contribution in [0.3, 0.4) is 0 Å². The van der Waals surface area contributed by atoms with E-state index < -0.39 is 0 Å². The average Bonchev–Trinajstić information content (AvgIpc) is 3.15. The van der Waals surface area contributed by atoms with Gasteiger partial charge in [0.25, 0.3) is 0 Å². The van der Waals surface area contributed by atoms with Gasteiger partial charge in [0.15, 0.2) is 5.01 Å². The molecule has 3 rings (SSSR count).